The van der Waals surface area contributed by atoms with Crippen LogP contribution in [0.2, 0.25) is 0 Å². The second-order valence-corrected chi connectivity index (χ2v) is 10.5. The van der Waals surface area contributed by atoms with E-state index in [-0.39, 0.29) is 5.56 Å². The van der Waals surface area contributed by atoms with Crippen molar-refractivity contribution in [1.82, 2.24) is 4.98 Å². The van der Waals surface area contributed by atoms with Crippen LogP contribution in [0.4, 0.5) is 5.13 Å². The first-order valence-electron chi connectivity index (χ1n) is 11.4. The quantitative estimate of drug-likeness (QED) is 0.0968. The van der Waals surface area contributed by atoms with Crippen LogP contribution in [0.5, 0.6) is 0 Å². The molecule has 180 valence electrons. The van der Waals surface area contributed by atoms with Gasteiger partial charge in [-0.3, -0.25) is 4.79 Å². The molecular weight excluding hydrogens is 550 g/mol. The maximum absolute atomic E-state index is 13.9. The maximum Gasteiger partial charge on any atom is 0.349 e. The fraction of sp³-hybridized carbons (Fsp3) is 0.0345. The Hall–Kier alpha value is -4.14. The second-order valence-electron chi connectivity index (χ2n) is 8.53. The third-order valence-corrected chi connectivity index (χ3v) is 7.49. The number of benzene rings is 4. The summed E-state index contributed by atoms with van der Waals surface area (Å²) in [4.78, 5) is 31.5. The predicted molar refractivity (Wildman–Crippen MR) is 153 cm³/mol. The van der Waals surface area contributed by atoms with Crippen LogP contribution in [0.15, 0.2) is 104 Å². The van der Waals surface area contributed by atoms with Gasteiger partial charge < -0.3 is 4.42 Å². The number of rotatable bonds is 4. The van der Waals surface area contributed by atoms with Crippen LogP contribution in [0.1, 0.15) is 21.5 Å². The number of aromatic nitrogens is 1. The van der Waals surface area contributed by atoms with Gasteiger partial charge in [-0.25, -0.2) is 9.78 Å². The van der Waals surface area contributed by atoms with Crippen LogP contribution in [0, 0.1) is 6.92 Å². The summed E-state index contributed by atoms with van der Waals surface area (Å²) in [7, 11) is 0. The highest BCUT2D eigenvalue weighted by atomic mass is 79.9. The van der Waals surface area contributed by atoms with E-state index in [9.17, 15) is 9.59 Å². The van der Waals surface area contributed by atoms with E-state index in [0.29, 0.717) is 16.1 Å². The summed E-state index contributed by atoms with van der Waals surface area (Å²) in [5.41, 5.74) is 2.19. The lowest BCUT2D eigenvalue weighted by molar-refractivity contribution is 0.0984. The summed E-state index contributed by atoms with van der Waals surface area (Å²) in [5.74, 6) is -0.618. The van der Waals surface area contributed by atoms with E-state index < -0.39 is 11.5 Å². The molecular formula is C29H18BrN3O3S. The summed E-state index contributed by atoms with van der Waals surface area (Å²) < 4.78 is 7.43. The van der Waals surface area contributed by atoms with Crippen molar-refractivity contribution in [2.24, 2.45) is 5.10 Å². The van der Waals surface area contributed by atoms with E-state index >= 15 is 0 Å². The van der Waals surface area contributed by atoms with Gasteiger partial charge in [0.15, 0.2) is 0 Å². The molecule has 0 radical (unpaired) electrons. The number of hydrogen-bond donors (Lipinski definition) is 0. The Morgan fingerprint density at radius 1 is 1.00 bits per heavy atom. The molecule has 0 saturated heterocycles. The number of carbonyl (C=O) groups is 1. The molecule has 0 saturated carbocycles. The number of thiazole rings is 1. The molecule has 6 aromatic rings. The standard InChI is InChI=1S/C29H18BrN3O3S/c1-17-6-12-24-26(14-17)37-29(32-24)33(31-16-18-7-10-20(30)11-8-18)27(34)23-15-22-21-5-3-2-4-19(21)9-13-25(22)36-28(23)35/h2-16H,1H3/b31-16+. The molecule has 0 unspecified atom stereocenters. The number of nitrogens with zero attached hydrogens (tertiary/aromatic N) is 3. The third-order valence-electron chi connectivity index (χ3n) is 5.97. The Morgan fingerprint density at radius 3 is 2.65 bits per heavy atom. The van der Waals surface area contributed by atoms with Crippen molar-refractivity contribution >= 4 is 76.5 Å². The number of fused-ring (bicyclic) bond motifs is 4. The number of hydrogen-bond acceptors (Lipinski definition) is 6. The molecule has 6 nitrogen and oxygen atoms in total. The maximum atomic E-state index is 13.9. The van der Waals surface area contributed by atoms with Gasteiger partial charge in [0.1, 0.15) is 11.1 Å². The minimum atomic E-state index is -0.728. The lowest BCUT2D eigenvalue weighted by atomic mass is 10.0. The zero-order valence-corrected chi connectivity index (χ0v) is 21.9. The normalized spacial score (nSPS) is 11.6. The SMILES string of the molecule is Cc1ccc2nc(N(/N=C/c3ccc(Br)cc3)C(=O)c3cc4c(ccc5ccccc54)oc3=O)sc2c1. The lowest BCUT2D eigenvalue weighted by Gasteiger charge is -2.14. The smallest absolute Gasteiger partial charge is 0.349 e. The zero-order valence-electron chi connectivity index (χ0n) is 19.5. The summed E-state index contributed by atoms with van der Waals surface area (Å²) in [6.45, 7) is 2.00. The summed E-state index contributed by atoms with van der Waals surface area (Å²) in [5, 5.41) is 8.56. The highest BCUT2D eigenvalue weighted by molar-refractivity contribution is 9.10. The Morgan fingerprint density at radius 2 is 1.81 bits per heavy atom. The number of carbonyl (C=O) groups excluding carboxylic acids is 1. The fourth-order valence-electron chi connectivity index (χ4n) is 4.11. The number of anilines is 1. The Kier molecular flexibility index (Phi) is 5.90. The van der Waals surface area contributed by atoms with Gasteiger partial charge in [-0.2, -0.15) is 10.1 Å². The molecule has 1 amide bonds. The first-order chi connectivity index (χ1) is 18.0. The van der Waals surface area contributed by atoms with Crippen molar-refractivity contribution < 1.29 is 9.21 Å². The first kappa shape index (κ1) is 23.3. The number of hydrazone groups is 1. The van der Waals surface area contributed by atoms with Crippen molar-refractivity contribution in [1.29, 1.82) is 0 Å². The van der Waals surface area contributed by atoms with Gasteiger partial charge in [-0.05, 0) is 65.2 Å². The summed E-state index contributed by atoms with van der Waals surface area (Å²) >= 11 is 4.76. The zero-order chi connectivity index (χ0) is 25.5. The fourth-order valence-corrected chi connectivity index (χ4v) is 5.39. The first-order valence-corrected chi connectivity index (χ1v) is 13.0. The van der Waals surface area contributed by atoms with Crippen molar-refractivity contribution in [3.63, 3.8) is 0 Å². The van der Waals surface area contributed by atoms with E-state index in [1.807, 2.05) is 79.7 Å². The van der Waals surface area contributed by atoms with E-state index in [0.717, 1.165) is 36.6 Å². The third kappa shape index (κ3) is 4.45. The molecule has 37 heavy (non-hydrogen) atoms. The molecule has 6 rings (SSSR count). The minimum Gasteiger partial charge on any atom is -0.422 e. The highest BCUT2D eigenvalue weighted by Gasteiger charge is 2.25. The number of halogens is 1. The summed E-state index contributed by atoms with van der Waals surface area (Å²) in [6, 6.07) is 26.4. The van der Waals surface area contributed by atoms with Crippen LogP contribution in [-0.2, 0) is 0 Å². The largest absolute Gasteiger partial charge is 0.422 e. The van der Waals surface area contributed by atoms with E-state index in [1.54, 1.807) is 18.3 Å². The Balaban J connectivity index is 1.50. The summed E-state index contributed by atoms with van der Waals surface area (Å²) in [6.07, 6.45) is 1.57. The average Bonchev–Trinajstić information content (AvgIpc) is 3.32. The van der Waals surface area contributed by atoms with Crippen LogP contribution in [0.3, 0.4) is 0 Å². The molecule has 2 aromatic heterocycles. The van der Waals surface area contributed by atoms with Gasteiger partial charge >= 0.3 is 5.63 Å². The van der Waals surface area contributed by atoms with Crippen molar-refractivity contribution in [3.05, 3.63) is 117 Å². The van der Waals surface area contributed by atoms with Crippen molar-refractivity contribution in [3.8, 4) is 0 Å². The molecule has 0 aliphatic carbocycles. The molecule has 4 aromatic carbocycles. The van der Waals surface area contributed by atoms with Gasteiger partial charge in [0.25, 0.3) is 5.91 Å². The number of amides is 1. The highest BCUT2D eigenvalue weighted by Crippen LogP contribution is 2.31. The number of aryl methyl sites for hydroxylation is 1. The molecule has 0 N–H and O–H groups in total. The lowest BCUT2D eigenvalue weighted by Crippen LogP contribution is -2.30. The van der Waals surface area contributed by atoms with Crippen LogP contribution in [0.25, 0.3) is 32.0 Å². The van der Waals surface area contributed by atoms with Gasteiger partial charge in [-0.1, -0.05) is 75.8 Å². The average molecular weight is 568 g/mol. The topological polar surface area (TPSA) is 75.8 Å². The monoisotopic (exact) mass is 567 g/mol. The minimum absolute atomic E-state index is 0.118. The molecule has 0 aliphatic rings. The van der Waals surface area contributed by atoms with Crippen LogP contribution >= 0.6 is 27.3 Å². The van der Waals surface area contributed by atoms with Gasteiger partial charge in [0.2, 0.25) is 5.13 Å². The molecule has 2 heterocycles. The van der Waals surface area contributed by atoms with Gasteiger partial charge in [0.05, 0.1) is 16.4 Å². The molecule has 0 aliphatic heterocycles. The van der Waals surface area contributed by atoms with E-state index in [4.69, 9.17) is 4.42 Å². The Labute approximate surface area is 223 Å². The Bertz CT molecular complexity index is 1910. The van der Waals surface area contributed by atoms with Crippen LogP contribution in [-0.4, -0.2) is 17.1 Å². The van der Waals surface area contributed by atoms with Gasteiger partial charge in [-0.15, -0.1) is 0 Å². The van der Waals surface area contributed by atoms with E-state index in [2.05, 4.69) is 26.0 Å². The van der Waals surface area contributed by atoms with Crippen molar-refractivity contribution in [2.75, 3.05) is 5.01 Å². The molecule has 0 fully saturated rings. The molecule has 0 bridgehead atoms. The van der Waals surface area contributed by atoms with Crippen LogP contribution < -0.4 is 10.6 Å². The van der Waals surface area contributed by atoms with Gasteiger partial charge in [0, 0.05) is 9.86 Å². The second kappa shape index (κ2) is 9.38. The molecule has 0 spiro atoms. The van der Waals surface area contributed by atoms with Crippen molar-refractivity contribution in [2.45, 2.75) is 6.92 Å². The molecule has 8 heteroatoms. The molecule has 0 atom stereocenters. The van der Waals surface area contributed by atoms with E-state index in [1.165, 1.54) is 16.3 Å². The predicted octanol–water partition coefficient (Wildman–Crippen LogP) is 7.31.